The van der Waals surface area contributed by atoms with Crippen LogP contribution in [0, 0.1) is 0 Å². The number of carbonyl (C=O) groups is 1. The van der Waals surface area contributed by atoms with E-state index in [-0.39, 0.29) is 6.09 Å². The maximum absolute atomic E-state index is 12.2. The highest BCUT2D eigenvalue weighted by Gasteiger charge is 2.27. The molecule has 3 rings (SSSR count). The Labute approximate surface area is 131 Å². The molecule has 0 saturated heterocycles. The third-order valence-corrected chi connectivity index (χ3v) is 3.69. The number of rotatable bonds is 1. The van der Waals surface area contributed by atoms with Gasteiger partial charge in [0.25, 0.3) is 0 Å². The van der Waals surface area contributed by atoms with Crippen LogP contribution >= 0.6 is 0 Å². The predicted octanol–water partition coefficient (Wildman–Crippen LogP) is 4.60. The summed E-state index contributed by atoms with van der Waals surface area (Å²) in [5.41, 5.74) is 4.32. The molecule has 0 radical (unpaired) electrons. The van der Waals surface area contributed by atoms with Gasteiger partial charge in [-0.25, -0.2) is 4.79 Å². The van der Waals surface area contributed by atoms with Crippen molar-refractivity contribution in [1.29, 1.82) is 0 Å². The Morgan fingerprint density at radius 3 is 2.32 bits per heavy atom. The molecular formula is C19H21NO2. The summed E-state index contributed by atoms with van der Waals surface area (Å²) in [5, 5.41) is 0. The standard InChI is InChI=1S/C19H21NO2/c1-19(2,3)22-18(21)20-12-16-10-9-15(11-17(16)13-20)14-7-5-4-6-8-14/h4-11H,12-13H2,1-3H3. The second-order valence-electron chi connectivity index (χ2n) is 6.69. The molecule has 0 fully saturated rings. The fraction of sp³-hybridized carbons (Fsp3) is 0.316. The Morgan fingerprint density at radius 2 is 1.64 bits per heavy atom. The lowest BCUT2D eigenvalue weighted by Gasteiger charge is -2.24. The van der Waals surface area contributed by atoms with Crippen molar-refractivity contribution >= 4 is 6.09 Å². The molecule has 114 valence electrons. The number of fused-ring (bicyclic) bond motifs is 1. The molecule has 0 unspecified atom stereocenters. The summed E-state index contributed by atoms with van der Waals surface area (Å²) in [5.74, 6) is 0. The highest BCUT2D eigenvalue weighted by Crippen LogP contribution is 2.29. The smallest absolute Gasteiger partial charge is 0.410 e. The number of carbonyl (C=O) groups excluding carboxylic acids is 1. The first-order valence-electron chi connectivity index (χ1n) is 7.57. The Hall–Kier alpha value is -2.29. The zero-order chi connectivity index (χ0) is 15.7. The minimum absolute atomic E-state index is 0.245. The van der Waals surface area contributed by atoms with E-state index in [0.717, 1.165) is 0 Å². The SMILES string of the molecule is CC(C)(C)OC(=O)N1Cc2ccc(-c3ccccc3)cc2C1. The maximum Gasteiger partial charge on any atom is 0.410 e. The molecule has 0 aliphatic carbocycles. The van der Waals surface area contributed by atoms with Gasteiger partial charge in [0.2, 0.25) is 0 Å². The Balaban J connectivity index is 1.78. The zero-order valence-corrected chi connectivity index (χ0v) is 13.3. The van der Waals surface area contributed by atoms with E-state index in [1.165, 1.54) is 22.3 Å². The molecule has 3 nitrogen and oxygen atoms in total. The van der Waals surface area contributed by atoms with Crippen molar-refractivity contribution in [2.45, 2.75) is 39.5 Å². The second kappa shape index (κ2) is 5.48. The number of hydrogen-bond acceptors (Lipinski definition) is 2. The molecule has 0 N–H and O–H groups in total. The monoisotopic (exact) mass is 295 g/mol. The summed E-state index contributed by atoms with van der Waals surface area (Å²) in [6, 6.07) is 16.7. The van der Waals surface area contributed by atoms with Crippen LogP contribution in [0.15, 0.2) is 48.5 Å². The predicted molar refractivity (Wildman–Crippen MR) is 87.4 cm³/mol. The van der Waals surface area contributed by atoms with Crippen molar-refractivity contribution in [2.75, 3.05) is 0 Å². The fourth-order valence-electron chi connectivity index (χ4n) is 2.66. The number of hydrogen-bond donors (Lipinski definition) is 0. The highest BCUT2D eigenvalue weighted by molar-refractivity contribution is 5.71. The Kier molecular flexibility index (Phi) is 3.65. The second-order valence-corrected chi connectivity index (χ2v) is 6.69. The number of ether oxygens (including phenoxy) is 1. The van der Waals surface area contributed by atoms with Gasteiger partial charge >= 0.3 is 6.09 Å². The van der Waals surface area contributed by atoms with Gasteiger partial charge in [-0.2, -0.15) is 0 Å². The van der Waals surface area contributed by atoms with Crippen LogP contribution in [0.25, 0.3) is 11.1 Å². The van der Waals surface area contributed by atoms with E-state index in [2.05, 4.69) is 30.3 Å². The van der Waals surface area contributed by atoms with E-state index in [1.807, 2.05) is 39.0 Å². The first-order valence-corrected chi connectivity index (χ1v) is 7.57. The van der Waals surface area contributed by atoms with Crippen molar-refractivity contribution < 1.29 is 9.53 Å². The first kappa shape index (κ1) is 14.6. The van der Waals surface area contributed by atoms with Gasteiger partial charge in [0.1, 0.15) is 5.60 Å². The zero-order valence-electron chi connectivity index (χ0n) is 13.3. The van der Waals surface area contributed by atoms with Crippen LogP contribution in [0.4, 0.5) is 4.79 Å². The fourth-order valence-corrected chi connectivity index (χ4v) is 2.66. The molecule has 1 aliphatic heterocycles. The number of benzene rings is 2. The van der Waals surface area contributed by atoms with Gasteiger partial charge in [-0.15, -0.1) is 0 Å². The van der Waals surface area contributed by atoms with Gasteiger partial charge in [0.15, 0.2) is 0 Å². The van der Waals surface area contributed by atoms with Crippen molar-refractivity contribution in [3.05, 3.63) is 59.7 Å². The highest BCUT2D eigenvalue weighted by atomic mass is 16.6. The van der Waals surface area contributed by atoms with Gasteiger partial charge < -0.3 is 4.74 Å². The van der Waals surface area contributed by atoms with Crippen molar-refractivity contribution in [3.8, 4) is 11.1 Å². The van der Waals surface area contributed by atoms with E-state index in [1.54, 1.807) is 4.90 Å². The van der Waals surface area contributed by atoms with Gasteiger partial charge in [-0.1, -0.05) is 42.5 Å². The molecule has 2 aromatic carbocycles. The van der Waals surface area contributed by atoms with E-state index in [0.29, 0.717) is 13.1 Å². The minimum atomic E-state index is -0.457. The van der Waals surface area contributed by atoms with Crippen LogP contribution < -0.4 is 0 Å². The molecule has 1 amide bonds. The van der Waals surface area contributed by atoms with Crippen molar-refractivity contribution in [2.24, 2.45) is 0 Å². The molecular weight excluding hydrogens is 274 g/mol. The summed E-state index contributed by atoms with van der Waals surface area (Å²) >= 11 is 0. The lowest BCUT2D eigenvalue weighted by molar-refractivity contribution is 0.0242. The molecule has 0 atom stereocenters. The quantitative estimate of drug-likeness (QED) is 0.769. The third kappa shape index (κ3) is 3.14. The average molecular weight is 295 g/mol. The lowest BCUT2D eigenvalue weighted by Crippen LogP contribution is -2.33. The molecule has 1 aliphatic rings. The Bertz CT molecular complexity index is 686. The molecule has 0 spiro atoms. The summed E-state index contributed by atoms with van der Waals surface area (Å²) in [6.07, 6.45) is -0.245. The van der Waals surface area contributed by atoms with Gasteiger partial charge in [0.05, 0.1) is 0 Å². The van der Waals surface area contributed by atoms with E-state index in [4.69, 9.17) is 4.74 Å². The summed E-state index contributed by atoms with van der Waals surface area (Å²) in [4.78, 5) is 13.9. The lowest BCUT2D eigenvalue weighted by atomic mass is 10.0. The van der Waals surface area contributed by atoms with Crippen LogP contribution in [-0.4, -0.2) is 16.6 Å². The molecule has 0 saturated carbocycles. The van der Waals surface area contributed by atoms with Crippen LogP contribution in [0.2, 0.25) is 0 Å². The topological polar surface area (TPSA) is 29.5 Å². The summed E-state index contributed by atoms with van der Waals surface area (Å²) in [7, 11) is 0. The van der Waals surface area contributed by atoms with Crippen molar-refractivity contribution in [1.82, 2.24) is 4.90 Å². The Morgan fingerprint density at radius 1 is 0.955 bits per heavy atom. The van der Waals surface area contributed by atoms with Crippen molar-refractivity contribution in [3.63, 3.8) is 0 Å². The summed E-state index contributed by atoms with van der Waals surface area (Å²) < 4.78 is 5.45. The molecule has 1 heterocycles. The van der Waals surface area contributed by atoms with Gasteiger partial charge in [-0.05, 0) is 49.1 Å². The normalized spacial score (nSPS) is 13.9. The van der Waals surface area contributed by atoms with Crippen LogP contribution in [0.3, 0.4) is 0 Å². The van der Waals surface area contributed by atoms with Crippen LogP contribution in [-0.2, 0) is 17.8 Å². The van der Waals surface area contributed by atoms with E-state index >= 15 is 0 Å². The van der Waals surface area contributed by atoms with E-state index < -0.39 is 5.60 Å². The molecule has 0 aromatic heterocycles. The molecule has 3 heteroatoms. The van der Waals surface area contributed by atoms with Crippen LogP contribution in [0.5, 0.6) is 0 Å². The maximum atomic E-state index is 12.2. The average Bonchev–Trinajstić information content (AvgIpc) is 2.89. The number of amides is 1. The van der Waals surface area contributed by atoms with E-state index in [9.17, 15) is 4.79 Å². The largest absolute Gasteiger partial charge is 0.444 e. The van der Waals surface area contributed by atoms with Gasteiger partial charge in [0, 0.05) is 13.1 Å². The molecule has 22 heavy (non-hydrogen) atoms. The summed E-state index contributed by atoms with van der Waals surface area (Å²) in [6.45, 7) is 6.91. The number of nitrogens with zero attached hydrogens (tertiary/aromatic N) is 1. The first-order chi connectivity index (χ1) is 10.4. The van der Waals surface area contributed by atoms with Crippen LogP contribution in [0.1, 0.15) is 31.9 Å². The third-order valence-electron chi connectivity index (χ3n) is 3.69. The molecule has 0 bridgehead atoms. The van der Waals surface area contributed by atoms with Gasteiger partial charge in [-0.3, -0.25) is 4.90 Å². The minimum Gasteiger partial charge on any atom is -0.444 e. The molecule has 2 aromatic rings.